The number of nitrogens with zero attached hydrogens (tertiary/aromatic N) is 1. The largest absolute Gasteiger partial charge is 0.490 e. The van der Waals surface area contributed by atoms with Crippen LogP contribution in [-0.2, 0) is 11.4 Å². The van der Waals surface area contributed by atoms with Crippen molar-refractivity contribution in [3.05, 3.63) is 116 Å². The van der Waals surface area contributed by atoms with Gasteiger partial charge < -0.3 is 19.5 Å². The van der Waals surface area contributed by atoms with Crippen molar-refractivity contribution >= 4 is 55.6 Å². The van der Waals surface area contributed by atoms with Crippen molar-refractivity contribution in [2.75, 3.05) is 18.5 Å². The number of rotatable bonds is 12. The van der Waals surface area contributed by atoms with Crippen LogP contribution in [-0.4, -0.2) is 31.2 Å². The summed E-state index contributed by atoms with van der Waals surface area (Å²) in [4.78, 5) is 25.3. The van der Waals surface area contributed by atoms with Crippen molar-refractivity contribution in [3.63, 3.8) is 0 Å². The van der Waals surface area contributed by atoms with Crippen LogP contribution in [0.2, 0.25) is 0 Å². The molecule has 0 atom stereocenters. The summed E-state index contributed by atoms with van der Waals surface area (Å²) in [6, 6.07) is 25.8. The minimum atomic E-state index is -0.434. The molecule has 4 aromatic carbocycles. The van der Waals surface area contributed by atoms with E-state index in [0.29, 0.717) is 51.7 Å². The van der Waals surface area contributed by atoms with Gasteiger partial charge in [-0.05, 0) is 77.8 Å². The molecule has 8 nitrogen and oxygen atoms in total. The Kier molecular flexibility index (Phi) is 11.1. The van der Waals surface area contributed by atoms with Gasteiger partial charge in [-0.1, -0.05) is 64.0 Å². The zero-order chi connectivity index (χ0) is 29.9. The number of halogens is 2. The SMILES string of the molecule is CCOc1cc(C(=O)N/N=C/c2cc(Br)cc(Br)c2OCC(=O)Nc2ccc(C)cc2)ccc1OCc1ccccc1. The minimum Gasteiger partial charge on any atom is -0.490 e. The van der Waals surface area contributed by atoms with Gasteiger partial charge in [0.25, 0.3) is 11.8 Å². The minimum absolute atomic E-state index is 0.222. The van der Waals surface area contributed by atoms with Gasteiger partial charge in [-0.2, -0.15) is 5.10 Å². The molecule has 0 aliphatic rings. The van der Waals surface area contributed by atoms with Gasteiger partial charge in [0.1, 0.15) is 12.4 Å². The van der Waals surface area contributed by atoms with Crippen LogP contribution in [0.1, 0.15) is 34.0 Å². The number of carbonyl (C=O) groups is 2. The van der Waals surface area contributed by atoms with Crippen molar-refractivity contribution in [2.45, 2.75) is 20.5 Å². The summed E-state index contributed by atoms with van der Waals surface area (Å²) in [6.07, 6.45) is 1.45. The Balaban J connectivity index is 1.40. The molecular weight excluding hydrogens is 666 g/mol. The predicted molar refractivity (Wildman–Crippen MR) is 171 cm³/mol. The molecule has 0 aromatic heterocycles. The van der Waals surface area contributed by atoms with E-state index in [-0.39, 0.29) is 12.5 Å². The number of benzene rings is 4. The second-order valence-corrected chi connectivity index (χ2v) is 10.8. The number of hydrazone groups is 1. The zero-order valence-corrected chi connectivity index (χ0v) is 26.2. The van der Waals surface area contributed by atoms with E-state index in [2.05, 4.69) is 47.7 Å². The lowest BCUT2D eigenvalue weighted by molar-refractivity contribution is -0.118. The molecule has 0 unspecified atom stereocenters. The molecule has 0 saturated carbocycles. The lowest BCUT2D eigenvalue weighted by atomic mass is 10.2. The van der Waals surface area contributed by atoms with Crippen LogP contribution in [0.3, 0.4) is 0 Å². The molecule has 42 heavy (non-hydrogen) atoms. The molecule has 4 aromatic rings. The second kappa shape index (κ2) is 15.2. The van der Waals surface area contributed by atoms with Gasteiger partial charge in [-0.15, -0.1) is 0 Å². The van der Waals surface area contributed by atoms with Gasteiger partial charge in [-0.25, -0.2) is 5.43 Å². The Morgan fingerprint density at radius 1 is 0.881 bits per heavy atom. The molecule has 0 aliphatic carbocycles. The van der Waals surface area contributed by atoms with Gasteiger partial charge in [0.2, 0.25) is 0 Å². The van der Waals surface area contributed by atoms with Gasteiger partial charge in [0.15, 0.2) is 18.1 Å². The van der Waals surface area contributed by atoms with Crippen LogP contribution >= 0.6 is 31.9 Å². The fourth-order valence-electron chi connectivity index (χ4n) is 3.80. The van der Waals surface area contributed by atoms with E-state index >= 15 is 0 Å². The van der Waals surface area contributed by atoms with Crippen molar-refractivity contribution in [1.29, 1.82) is 0 Å². The lowest BCUT2D eigenvalue weighted by Gasteiger charge is -2.13. The zero-order valence-electron chi connectivity index (χ0n) is 23.0. The fourth-order valence-corrected chi connectivity index (χ4v) is 5.17. The second-order valence-electron chi connectivity index (χ2n) is 9.08. The summed E-state index contributed by atoms with van der Waals surface area (Å²) in [5.41, 5.74) is 6.21. The quantitative estimate of drug-likeness (QED) is 0.120. The molecule has 4 rings (SSSR count). The number of hydrogen-bond acceptors (Lipinski definition) is 6. The summed E-state index contributed by atoms with van der Waals surface area (Å²) in [7, 11) is 0. The van der Waals surface area contributed by atoms with Gasteiger partial charge in [0.05, 0.1) is 17.3 Å². The van der Waals surface area contributed by atoms with Crippen molar-refractivity contribution in [3.8, 4) is 17.2 Å². The number of anilines is 1. The fraction of sp³-hybridized carbons (Fsp3) is 0.156. The lowest BCUT2D eigenvalue weighted by Crippen LogP contribution is -2.21. The first-order valence-electron chi connectivity index (χ1n) is 13.1. The maximum Gasteiger partial charge on any atom is 0.271 e. The number of nitrogens with one attached hydrogen (secondary N) is 2. The molecule has 2 amide bonds. The van der Waals surface area contributed by atoms with E-state index in [1.54, 1.807) is 30.3 Å². The first-order valence-corrected chi connectivity index (χ1v) is 14.7. The Bertz CT molecular complexity index is 1560. The summed E-state index contributed by atoms with van der Waals surface area (Å²) in [5, 5.41) is 6.92. The highest BCUT2D eigenvalue weighted by molar-refractivity contribution is 9.11. The molecule has 0 saturated heterocycles. The number of carbonyl (C=O) groups excluding carboxylic acids is 2. The molecule has 2 N–H and O–H groups in total. The molecule has 0 heterocycles. The number of hydrogen-bond donors (Lipinski definition) is 2. The van der Waals surface area contributed by atoms with Gasteiger partial charge >= 0.3 is 0 Å². The third kappa shape index (κ3) is 8.92. The van der Waals surface area contributed by atoms with Crippen LogP contribution in [0.4, 0.5) is 5.69 Å². The van der Waals surface area contributed by atoms with Crippen LogP contribution in [0, 0.1) is 6.92 Å². The molecular formula is C32H29Br2N3O5. The first kappa shape index (κ1) is 30.8. The van der Waals surface area contributed by atoms with Crippen molar-refractivity contribution in [1.82, 2.24) is 5.43 Å². The molecule has 0 aliphatic heterocycles. The number of aryl methyl sites for hydroxylation is 1. The highest BCUT2D eigenvalue weighted by Crippen LogP contribution is 2.32. The predicted octanol–water partition coefficient (Wildman–Crippen LogP) is 7.28. The molecule has 0 bridgehead atoms. The van der Waals surface area contributed by atoms with Crippen LogP contribution in [0.25, 0.3) is 0 Å². The van der Waals surface area contributed by atoms with Gasteiger partial charge in [-0.3, -0.25) is 9.59 Å². The highest BCUT2D eigenvalue weighted by atomic mass is 79.9. The Morgan fingerprint density at radius 2 is 1.64 bits per heavy atom. The first-order chi connectivity index (χ1) is 20.3. The van der Waals surface area contributed by atoms with E-state index in [4.69, 9.17) is 14.2 Å². The van der Waals surface area contributed by atoms with Crippen LogP contribution < -0.4 is 25.0 Å². The number of ether oxygens (including phenoxy) is 3. The molecule has 10 heteroatoms. The third-order valence-corrected chi connectivity index (χ3v) is 6.88. The van der Waals surface area contributed by atoms with E-state index in [1.807, 2.05) is 68.4 Å². The van der Waals surface area contributed by atoms with Crippen molar-refractivity contribution < 1.29 is 23.8 Å². The third-order valence-electron chi connectivity index (χ3n) is 5.83. The van der Waals surface area contributed by atoms with Crippen LogP contribution in [0.5, 0.6) is 17.2 Å². The summed E-state index contributed by atoms with van der Waals surface area (Å²) >= 11 is 6.93. The number of amides is 2. The molecule has 216 valence electrons. The normalized spacial score (nSPS) is 10.8. The maximum absolute atomic E-state index is 12.9. The van der Waals surface area contributed by atoms with Gasteiger partial charge in [0, 0.05) is 21.3 Å². The summed E-state index contributed by atoms with van der Waals surface area (Å²) in [6.45, 7) is 4.40. The van der Waals surface area contributed by atoms with E-state index in [9.17, 15) is 9.59 Å². The van der Waals surface area contributed by atoms with Crippen LogP contribution in [0.15, 0.2) is 99.0 Å². The smallest absolute Gasteiger partial charge is 0.271 e. The average molecular weight is 695 g/mol. The molecule has 0 spiro atoms. The Hall–Kier alpha value is -4.15. The monoisotopic (exact) mass is 693 g/mol. The Morgan fingerprint density at radius 3 is 2.38 bits per heavy atom. The Labute approximate surface area is 261 Å². The topological polar surface area (TPSA) is 98.3 Å². The standard InChI is InChI=1S/C32H29Br2N3O5/c1-3-40-29-16-23(11-14-28(29)41-19-22-7-5-4-6-8-22)32(39)37-35-18-24-15-25(33)17-27(34)31(24)42-20-30(38)36-26-12-9-21(2)10-13-26/h4-18H,3,19-20H2,1-2H3,(H,36,38)(H,37,39)/b35-18+. The summed E-state index contributed by atoms with van der Waals surface area (Å²) < 4.78 is 18.8. The molecule has 0 radical (unpaired) electrons. The molecule has 0 fully saturated rings. The van der Waals surface area contributed by atoms with E-state index < -0.39 is 5.91 Å². The van der Waals surface area contributed by atoms with Crippen molar-refractivity contribution in [2.24, 2.45) is 5.10 Å². The van der Waals surface area contributed by atoms with E-state index in [1.165, 1.54) is 6.21 Å². The average Bonchev–Trinajstić information content (AvgIpc) is 2.97. The highest BCUT2D eigenvalue weighted by Gasteiger charge is 2.14. The van der Waals surface area contributed by atoms with E-state index in [0.717, 1.165) is 15.6 Å². The summed E-state index contributed by atoms with van der Waals surface area (Å²) in [5.74, 6) is 0.643. The maximum atomic E-state index is 12.9.